The summed E-state index contributed by atoms with van der Waals surface area (Å²) in [7, 11) is 0. The van der Waals surface area contributed by atoms with Gasteiger partial charge in [-0.3, -0.25) is 9.59 Å². The average molecular weight is 270 g/mol. The number of piperidine rings is 1. The van der Waals surface area contributed by atoms with Gasteiger partial charge in [0.25, 0.3) is 0 Å². The van der Waals surface area contributed by atoms with E-state index in [4.69, 9.17) is 0 Å². The van der Waals surface area contributed by atoms with Crippen LogP contribution in [0.15, 0.2) is 12.7 Å². The number of nitrogens with zero attached hydrogens (tertiary/aromatic N) is 1. The minimum absolute atomic E-state index is 0.0341. The van der Waals surface area contributed by atoms with Gasteiger partial charge in [-0.1, -0.05) is 13.5 Å². The smallest absolute Gasteiger partial charge is 0.245 e. The molecule has 2 amide bonds. The van der Waals surface area contributed by atoms with Crippen molar-refractivity contribution in [2.75, 3.05) is 31.1 Å². The third-order valence-corrected chi connectivity index (χ3v) is 4.00. The van der Waals surface area contributed by atoms with Crippen LogP contribution in [0.1, 0.15) is 19.8 Å². The summed E-state index contributed by atoms with van der Waals surface area (Å²) in [4.78, 5) is 25.0. The van der Waals surface area contributed by atoms with Gasteiger partial charge in [0.15, 0.2) is 0 Å². The monoisotopic (exact) mass is 270 g/mol. The number of hydrogen-bond donors (Lipinski definition) is 1. The number of rotatable bonds is 6. The minimum atomic E-state index is -0.0341. The number of likely N-dealkylation sites (tertiary alicyclic amines) is 1. The largest absolute Gasteiger partial charge is 0.355 e. The first-order valence-corrected chi connectivity index (χ1v) is 7.61. The van der Waals surface area contributed by atoms with Gasteiger partial charge >= 0.3 is 0 Å². The van der Waals surface area contributed by atoms with E-state index in [2.05, 4.69) is 18.8 Å². The zero-order valence-electron chi connectivity index (χ0n) is 11.0. The second-order valence-electron chi connectivity index (χ2n) is 4.29. The molecule has 5 heteroatoms. The highest BCUT2D eigenvalue weighted by Crippen LogP contribution is 2.17. The Kier molecular flexibility index (Phi) is 6.86. The van der Waals surface area contributed by atoms with E-state index in [1.54, 1.807) is 4.90 Å². The number of nitrogens with one attached hydrogen (secondary N) is 1. The first kappa shape index (κ1) is 15.1. The van der Waals surface area contributed by atoms with Crippen molar-refractivity contribution in [1.82, 2.24) is 10.2 Å². The van der Waals surface area contributed by atoms with Crippen LogP contribution in [0.3, 0.4) is 0 Å². The molecule has 1 N–H and O–H groups in total. The first-order valence-electron chi connectivity index (χ1n) is 6.45. The third-order valence-electron chi connectivity index (χ3n) is 3.10. The van der Waals surface area contributed by atoms with E-state index in [9.17, 15) is 9.59 Å². The van der Waals surface area contributed by atoms with Gasteiger partial charge in [0.1, 0.15) is 0 Å². The highest BCUT2D eigenvalue weighted by Gasteiger charge is 2.25. The molecular formula is C13H22N2O2S. The summed E-state index contributed by atoms with van der Waals surface area (Å²) in [5, 5.41) is 2.96. The van der Waals surface area contributed by atoms with Crippen molar-refractivity contribution in [2.45, 2.75) is 19.8 Å². The van der Waals surface area contributed by atoms with Crippen LogP contribution in [0, 0.1) is 5.92 Å². The van der Waals surface area contributed by atoms with E-state index in [-0.39, 0.29) is 17.7 Å². The number of carbonyl (C=O) groups excluding carboxylic acids is 2. The van der Waals surface area contributed by atoms with Crippen LogP contribution < -0.4 is 5.32 Å². The van der Waals surface area contributed by atoms with Crippen molar-refractivity contribution in [3.63, 3.8) is 0 Å². The fraction of sp³-hybridized carbons (Fsp3) is 0.692. The average Bonchev–Trinajstić information content (AvgIpc) is 2.42. The summed E-state index contributed by atoms with van der Waals surface area (Å²) in [5.74, 6) is 2.21. The molecule has 102 valence electrons. The molecule has 0 bridgehead atoms. The van der Waals surface area contributed by atoms with E-state index in [0.29, 0.717) is 13.1 Å². The van der Waals surface area contributed by atoms with Gasteiger partial charge in [-0.15, -0.1) is 0 Å². The SMILES string of the molecule is C=CC(=O)N1CCC(C(=O)NCCSCC)CC1. The quantitative estimate of drug-likeness (QED) is 0.584. The molecule has 0 atom stereocenters. The molecule has 0 aliphatic carbocycles. The first-order chi connectivity index (χ1) is 8.69. The maximum atomic E-state index is 11.9. The summed E-state index contributed by atoms with van der Waals surface area (Å²) in [6, 6.07) is 0. The lowest BCUT2D eigenvalue weighted by molar-refractivity contribution is -0.132. The molecule has 1 saturated heterocycles. The lowest BCUT2D eigenvalue weighted by Crippen LogP contribution is -2.42. The van der Waals surface area contributed by atoms with Crippen LogP contribution in [0.5, 0.6) is 0 Å². The zero-order chi connectivity index (χ0) is 13.4. The standard InChI is InChI=1S/C13H22N2O2S/c1-3-12(16)15-8-5-11(6-9-15)13(17)14-7-10-18-4-2/h3,11H,1,4-10H2,2H3,(H,14,17). The summed E-state index contributed by atoms with van der Waals surface area (Å²) in [6.45, 7) is 7.64. The van der Waals surface area contributed by atoms with Crippen LogP contribution in [-0.2, 0) is 9.59 Å². The second kappa shape index (κ2) is 8.19. The topological polar surface area (TPSA) is 49.4 Å². The van der Waals surface area contributed by atoms with E-state index >= 15 is 0 Å². The van der Waals surface area contributed by atoms with E-state index < -0.39 is 0 Å². The molecule has 0 aromatic heterocycles. The molecule has 1 aliphatic heterocycles. The molecule has 0 aromatic rings. The number of hydrogen-bond acceptors (Lipinski definition) is 3. The molecule has 0 saturated carbocycles. The summed E-state index contributed by atoms with van der Waals surface area (Å²) >= 11 is 1.83. The van der Waals surface area contributed by atoms with Crippen molar-refractivity contribution in [2.24, 2.45) is 5.92 Å². The molecule has 1 heterocycles. The summed E-state index contributed by atoms with van der Waals surface area (Å²) in [6.07, 6.45) is 2.85. The molecular weight excluding hydrogens is 248 g/mol. The van der Waals surface area contributed by atoms with Crippen LogP contribution >= 0.6 is 11.8 Å². The van der Waals surface area contributed by atoms with Crippen LogP contribution in [0.2, 0.25) is 0 Å². The zero-order valence-corrected chi connectivity index (χ0v) is 11.8. The predicted octanol–water partition coefficient (Wildman–Crippen LogP) is 1.28. The molecule has 1 fully saturated rings. The van der Waals surface area contributed by atoms with Crippen molar-refractivity contribution in [3.05, 3.63) is 12.7 Å². The molecule has 0 spiro atoms. The van der Waals surface area contributed by atoms with Crippen LogP contribution in [-0.4, -0.2) is 47.9 Å². The highest BCUT2D eigenvalue weighted by atomic mass is 32.2. The van der Waals surface area contributed by atoms with Gasteiger partial charge < -0.3 is 10.2 Å². The Bertz CT molecular complexity index is 299. The Labute approximate surface area is 113 Å². The van der Waals surface area contributed by atoms with Gasteiger partial charge in [0, 0.05) is 31.3 Å². The molecule has 1 rings (SSSR count). The summed E-state index contributed by atoms with van der Waals surface area (Å²) in [5.41, 5.74) is 0. The Morgan fingerprint density at radius 3 is 2.67 bits per heavy atom. The van der Waals surface area contributed by atoms with Gasteiger partial charge in [-0.05, 0) is 24.7 Å². The minimum Gasteiger partial charge on any atom is -0.355 e. The van der Waals surface area contributed by atoms with Gasteiger partial charge in [-0.25, -0.2) is 0 Å². The van der Waals surface area contributed by atoms with Crippen LogP contribution in [0.25, 0.3) is 0 Å². The molecule has 0 unspecified atom stereocenters. The van der Waals surface area contributed by atoms with Crippen molar-refractivity contribution in [1.29, 1.82) is 0 Å². The normalized spacial score (nSPS) is 16.4. The molecule has 18 heavy (non-hydrogen) atoms. The van der Waals surface area contributed by atoms with Crippen molar-refractivity contribution in [3.8, 4) is 0 Å². The Morgan fingerprint density at radius 2 is 2.11 bits per heavy atom. The van der Waals surface area contributed by atoms with Crippen LogP contribution in [0.4, 0.5) is 0 Å². The van der Waals surface area contributed by atoms with Gasteiger partial charge in [0.05, 0.1) is 0 Å². The van der Waals surface area contributed by atoms with Crippen molar-refractivity contribution < 1.29 is 9.59 Å². The fourth-order valence-electron chi connectivity index (χ4n) is 2.03. The Balaban J connectivity index is 2.23. The van der Waals surface area contributed by atoms with E-state index in [0.717, 1.165) is 30.9 Å². The fourth-order valence-corrected chi connectivity index (χ4v) is 2.56. The maximum Gasteiger partial charge on any atom is 0.245 e. The number of amides is 2. The Morgan fingerprint density at radius 1 is 1.44 bits per heavy atom. The predicted molar refractivity (Wildman–Crippen MR) is 75.5 cm³/mol. The molecule has 1 aliphatic rings. The lowest BCUT2D eigenvalue weighted by atomic mass is 9.96. The third kappa shape index (κ3) is 4.72. The lowest BCUT2D eigenvalue weighted by Gasteiger charge is -2.30. The van der Waals surface area contributed by atoms with Gasteiger partial charge in [0.2, 0.25) is 11.8 Å². The van der Waals surface area contributed by atoms with E-state index in [1.807, 2.05) is 11.8 Å². The highest BCUT2D eigenvalue weighted by molar-refractivity contribution is 7.99. The number of carbonyl (C=O) groups is 2. The summed E-state index contributed by atoms with van der Waals surface area (Å²) < 4.78 is 0. The Hall–Kier alpha value is -0.970. The number of thioether (sulfide) groups is 1. The van der Waals surface area contributed by atoms with E-state index in [1.165, 1.54) is 6.08 Å². The maximum absolute atomic E-state index is 11.9. The van der Waals surface area contributed by atoms with Crippen molar-refractivity contribution >= 4 is 23.6 Å². The molecule has 0 radical (unpaired) electrons. The molecule has 0 aromatic carbocycles. The van der Waals surface area contributed by atoms with Gasteiger partial charge in [-0.2, -0.15) is 11.8 Å². The second-order valence-corrected chi connectivity index (χ2v) is 5.69. The molecule has 4 nitrogen and oxygen atoms in total.